The largest absolute Gasteiger partial charge is 0.378 e. The van der Waals surface area contributed by atoms with Crippen molar-refractivity contribution in [3.8, 4) is 0 Å². The number of Topliss-reactive ketones (excluding diaryl/α,β-unsaturated/α-hetero) is 1. The van der Waals surface area contributed by atoms with E-state index in [2.05, 4.69) is 9.89 Å². The predicted molar refractivity (Wildman–Crippen MR) is 74.3 cm³/mol. The molecule has 0 spiro atoms. The van der Waals surface area contributed by atoms with Crippen LogP contribution in [0.25, 0.3) is 0 Å². The van der Waals surface area contributed by atoms with Gasteiger partial charge in [0.1, 0.15) is 6.54 Å². The summed E-state index contributed by atoms with van der Waals surface area (Å²) in [6.45, 7) is 3.83. The molecule has 1 aromatic rings. The van der Waals surface area contributed by atoms with Crippen LogP contribution < -0.4 is 10.6 Å². The maximum absolute atomic E-state index is 11.9. The van der Waals surface area contributed by atoms with Gasteiger partial charge in [-0.2, -0.15) is 0 Å². The second-order valence-electron chi connectivity index (χ2n) is 4.72. The first-order valence-corrected chi connectivity index (χ1v) is 6.53. The number of nitrogens with two attached hydrogens (primary N) is 1. The summed E-state index contributed by atoms with van der Waals surface area (Å²) in [7, 11) is 0. The molecule has 5 nitrogen and oxygen atoms in total. The molecule has 1 aromatic carbocycles. The zero-order valence-corrected chi connectivity index (χ0v) is 10.8. The Labute approximate surface area is 112 Å². The molecule has 0 unspecified atom stereocenters. The number of aliphatic imine (C=N–C) groups is 1. The van der Waals surface area contributed by atoms with Crippen LogP contribution in [-0.2, 0) is 4.74 Å². The lowest BCUT2D eigenvalue weighted by atomic mass is 9.95. The summed E-state index contributed by atoms with van der Waals surface area (Å²) < 4.78 is 5.35. The number of carbonyl (C=O) groups excluding carboxylic acids is 1. The maximum atomic E-state index is 11.9. The van der Waals surface area contributed by atoms with Crippen LogP contribution in [0.15, 0.2) is 23.2 Å². The number of benzene rings is 1. The molecular formula is C14H17N3O2. The first-order valence-electron chi connectivity index (χ1n) is 6.53. The number of anilines is 1. The minimum Gasteiger partial charge on any atom is -0.378 e. The van der Waals surface area contributed by atoms with E-state index in [-0.39, 0.29) is 12.3 Å². The van der Waals surface area contributed by atoms with Gasteiger partial charge in [0.2, 0.25) is 0 Å². The number of hydrogen-bond acceptors (Lipinski definition) is 5. The Morgan fingerprint density at radius 2 is 2.05 bits per heavy atom. The molecule has 1 saturated heterocycles. The van der Waals surface area contributed by atoms with E-state index in [9.17, 15) is 4.79 Å². The summed E-state index contributed by atoms with van der Waals surface area (Å²) in [5.74, 6) is 0.0701. The fourth-order valence-electron chi connectivity index (χ4n) is 2.54. The van der Waals surface area contributed by atoms with Gasteiger partial charge in [-0.3, -0.25) is 9.79 Å². The summed E-state index contributed by atoms with van der Waals surface area (Å²) in [5, 5.41) is 0. The third-order valence-electron chi connectivity index (χ3n) is 3.60. The Kier molecular flexibility index (Phi) is 3.31. The van der Waals surface area contributed by atoms with Gasteiger partial charge >= 0.3 is 0 Å². The average Bonchev–Trinajstić information content (AvgIpc) is 2.48. The Morgan fingerprint density at radius 3 is 2.79 bits per heavy atom. The van der Waals surface area contributed by atoms with E-state index >= 15 is 0 Å². The smallest absolute Gasteiger partial charge is 0.184 e. The third-order valence-corrected chi connectivity index (χ3v) is 3.60. The Hall–Kier alpha value is -1.72. The lowest BCUT2D eigenvalue weighted by molar-refractivity contribution is 0.1000. The summed E-state index contributed by atoms with van der Waals surface area (Å²) >= 11 is 0. The molecule has 2 heterocycles. The van der Waals surface area contributed by atoms with Crippen molar-refractivity contribution in [2.24, 2.45) is 10.7 Å². The molecule has 3 rings (SSSR count). The Balaban J connectivity index is 1.98. The van der Waals surface area contributed by atoms with Crippen LogP contribution in [0.1, 0.15) is 15.9 Å². The molecule has 0 amide bonds. The monoisotopic (exact) mass is 259 g/mol. The van der Waals surface area contributed by atoms with Crippen LogP contribution in [0.3, 0.4) is 0 Å². The molecule has 0 atom stereocenters. The van der Waals surface area contributed by atoms with Crippen molar-refractivity contribution in [2.75, 3.05) is 44.3 Å². The maximum Gasteiger partial charge on any atom is 0.184 e. The number of fused-ring (bicyclic) bond motifs is 1. The van der Waals surface area contributed by atoms with E-state index in [1.54, 1.807) is 0 Å². The molecule has 0 aliphatic carbocycles. The average molecular weight is 259 g/mol. The Morgan fingerprint density at radius 1 is 1.26 bits per heavy atom. The Bertz CT molecular complexity index is 533. The first kappa shape index (κ1) is 12.3. The van der Waals surface area contributed by atoms with Gasteiger partial charge in [0.15, 0.2) is 5.78 Å². The van der Waals surface area contributed by atoms with Crippen molar-refractivity contribution in [1.82, 2.24) is 0 Å². The number of nitrogens with zero attached hydrogens (tertiary/aromatic N) is 2. The summed E-state index contributed by atoms with van der Waals surface area (Å²) in [5.41, 5.74) is 9.28. The van der Waals surface area contributed by atoms with Crippen LogP contribution in [0.2, 0.25) is 0 Å². The molecule has 2 N–H and O–H groups in total. The molecular weight excluding hydrogens is 242 g/mol. The molecule has 100 valence electrons. The minimum absolute atomic E-state index is 0.0701. The van der Waals surface area contributed by atoms with Gasteiger partial charge in [-0.25, -0.2) is 0 Å². The molecule has 19 heavy (non-hydrogen) atoms. The number of hydrogen-bond donors (Lipinski definition) is 1. The standard InChI is InChI=1S/C14H17N3O2/c15-8-13-12-7-10(17-3-5-19-6-4-17)1-2-11(12)14(18)9-16-13/h1-2,7H,3-6,8-9,15H2. The van der Waals surface area contributed by atoms with Crippen molar-refractivity contribution in [1.29, 1.82) is 0 Å². The van der Waals surface area contributed by atoms with E-state index in [4.69, 9.17) is 10.5 Å². The number of ketones is 1. The fraction of sp³-hybridized carbons (Fsp3) is 0.429. The molecule has 0 radical (unpaired) electrons. The molecule has 1 fully saturated rings. The highest BCUT2D eigenvalue weighted by Gasteiger charge is 2.21. The third kappa shape index (κ3) is 2.27. The first-order chi connectivity index (χ1) is 9.29. The van der Waals surface area contributed by atoms with E-state index in [1.165, 1.54) is 0 Å². The lowest BCUT2D eigenvalue weighted by Crippen LogP contribution is -2.36. The SMILES string of the molecule is NCC1=NCC(=O)c2ccc(N3CCOCC3)cc21. The van der Waals surface area contributed by atoms with Gasteiger partial charge in [-0.05, 0) is 18.2 Å². The fourth-order valence-corrected chi connectivity index (χ4v) is 2.54. The molecule has 0 aromatic heterocycles. The molecule has 2 aliphatic heterocycles. The topological polar surface area (TPSA) is 67.9 Å². The zero-order valence-electron chi connectivity index (χ0n) is 10.8. The molecule has 0 saturated carbocycles. The van der Waals surface area contributed by atoms with Crippen molar-refractivity contribution in [2.45, 2.75) is 0 Å². The van der Waals surface area contributed by atoms with Crippen molar-refractivity contribution >= 4 is 17.2 Å². The van der Waals surface area contributed by atoms with Gasteiger partial charge in [-0.1, -0.05) is 0 Å². The van der Waals surface area contributed by atoms with Gasteiger partial charge in [0.25, 0.3) is 0 Å². The summed E-state index contributed by atoms with van der Waals surface area (Å²) in [4.78, 5) is 18.4. The number of ether oxygens (including phenoxy) is 1. The van der Waals surface area contributed by atoms with Crippen LogP contribution in [0.4, 0.5) is 5.69 Å². The van der Waals surface area contributed by atoms with Crippen molar-refractivity contribution in [3.63, 3.8) is 0 Å². The number of rotatable bonds is 2. The van der Waals surface area contributed by atoms with Gasteiger partial charge in [-0.15, -0.1) is 0 Å². The minimum atomic E-state index is 0.0701. The molecule has 2 aliphatic rings. The molecule has 5 heteroatoms. The van der Waals surface area contributed by atoms with Crippen LogP contribution >= 0.6 is 0 Å². The quantitative estimate of drug-likeness (QED) is 0.838. The zero-order chi connectivity index (χ0) is 13.2. The van der Waals surface area contributed by atoms with Crippen LogP contribution in [0, 0.1) is 0 Å². The van der Waals surface area contributed by atoms with E-state index in [0.717, 1.165) is 48.8 Å². The van der Waals surface area contributed by atoms with Gasteiger partial charge < -0.3 is 15.4 Å². The van der Waals surface area contributed by atoms with Gasteiger partial charge in [0.05, 0.1) is 18.9 Å². The van der Waals surface area contributed by atoms with Crippen molar-refractivity contribution < 1.29 is 9.53 Å². The van der Waals surface area contributed by atoms with Gasteiger partial charge in [0, 0.05) is 36.4 Å². The van der Waals surface area contributed by atoms with E-state index in [1.807, 2.05) is 18.2 Å². The molecule has 0 bridgehead atoms. The van der Waals surface area contributed by atoms with E-state index < -0.39 is 0 Å². The predicted octanol–water partition coefficient (Wildman–Crippen LogP) is 0.467. The number of morpholine rings is 1. The van der Waals surface area contributed by atoms with Crippen LogP contribution in [-0.4, -0.2) is 50.9 Å². The normalized spacial score (nSPS) is 19.1. The second-order valence-corrected chi connectivity index (χ2v) is 4.72. The lowest BCUT2D eigenvalue weighted by Gasteiger charge is -2.30. The van der Waals surface area contributed by atoms with Crippen molar-refractivity contribution in [3.05, 3.63) is 29.3 Å². The van der Waals surface area contributed by atoms with E-state index in [0.29, 0.717) is 6.54 Å². The number of carbonyl (C=O) groups is 1. The summed E-state index contributed by atoms with van der Waals surface area (Å²) in [6.07, 6.45) is 0. The highest BCUT2D eigenvalue weighted by molar-refractivity contribution is 6.16. The van der Waals surface area contributed by atoms with Crippen LogP contribution in [0.5, 0.6) is 0 Å². The second kappa shape index (κ2) is 5.11. The highest BCUT2D eigenvalue weighted by atomic mass is 16.5. The summed E-state index contributed by atoms with van der Waals surface area (Å²) in [6, 6.07) is 5.93. The highest BCUT2D eigenvalue weighted by Crippen LogP contribution is 2.24.